The molecular formula is C22H19N5O2S. The van der Waals surface area contributed by atoms with Crippen LogP contribution in [0.15, 0.2) is 72.2 Å². The van der Waals surface area contributed by atoms with Crippen LogP contribution in [0.5, 0.6) is 5.75 Å². The van der Waals surface area contributed by atoms with E-state index >= 15 is 0 Å². The van der Waals surface area contributed by atoms with E-state index in [-0.39, 0.29) is 5.91 Å². The molecule has 0 atom stereocenters. The fraction of sp³-hybridized carbons (Fsp3) is 0.0455. The number of amides is 1. The molecule has 2 aromatic carbocycles. The second-order valence-corrected chi connectivity index (χ2v) is 7.31. The molecule has 30 heavy (non-hydrogen) atoms. The van der Waals surface area contributed by atoms with Gasteiger partial charge in [0.2, 0.25) is 5.95 Å². The number of hydrogen-bond donors (Lipinski definition) is 3. The molecule has 0 aliphatic rings. The van der Waals surface area contributed by atoms with Gasteiger partial charge in [-0.3, -0.25) is 4.79 Å². The number of ether oxygens (including phenoxy) is 1. The van der Waals surface area contributed by atoms with Crippen molar-refractivity contribution in [3.63, 3.8) is 0 Å². The summed E-state index contributed by atoms with van der Waals surface area (Å²) in [6.45, 7) is 0. The van der Waals surface area contributed by atoms with Crippen molar-refractivity contribution in [1.82, 2.24) is 9.97 Å². The van der Waals surface area contributed by atoms with Gasteiger partial charge in [0.15, 0.2) is 0 Å². The third kappa shape index (κ3) is 4.39. The van der Waals surface area contributed by atoms with Crippen molar-refractivity contribution in [3.8, 4) is 17.0 Å². The first kappa shape index (κ1) is 19.4. The molecule has 0 aliphatic heterocycles. The number of benzene rings is 2. The van der Waals surface area contributed by atoms with Crippen LogP contribution in [0.25, 0.3) is 11.3 Å². The van der Waals surface area contributed by atoms with Crippen LogP contribution in [0.3, 0.4) is 0 Å². The summed E-state index contributed by atoms with van der Waals surface area (Å²) in [7, 11) is 1.58. The number of carbonyl (C=O) groups excluding carboxylic acids is 1. The average molecular weight is 417 g/mol. The first-order valence-electron chi connectivity index (χ1n) is 9.11. The molecule has 0 spiro atoms. The Balaban J connectivity index is 1.58. The Kier molecular flexibility index (Phi) is 5.58. The first-order chi connectivity index (χ1) is 14.6. The van der Waals surface area contributed by atoms with E-state index in [2.05, 4.69) is 20.6 Å². The van der Waals surface area contributed by atoms with Crippen LogP contribution in [-0.2, 0) is 0 Å². The van der Waals surface area contributed by atoms with Crippen molar-refractivity contribution in [3.05, 3.63) is 77.1 Å². The highest BCUT2D eigenvalue weighted by Gasteiger charge is 2.12. The van der Waals surface area contributed by atoms with Gasteiger partial charge in [-0.2, -0.15) is 0 Å². The quantitative estimate of drug-likeness (QED) is 0.390. The van der Waals surface area contributed by atoms with Gasteiger partial charge in [-0.1, -0.05) is 12.1 Å². The molecule has 0 unspecified atom stereocenters. The minimum Gasteiger partial charge on any atom is -0.496 e. The summed E-state index contributed by atoms with van der Waals surface area (Å²) in [5.74, 6) is 0.873. The van der Waals surface area contributed by atoms with E-state index in [0.717, 1.165) is 11.3 Å². The van der Waals surface area contributed by atoms with E-state index in [1.165, 1.54) is 11.3 Å². The predicted octanol–water partition coefficient (Wildman–Crippen LogP) is 4.79. The zero-order chi connectivity index (χ0) is 20.9. The zero-order valence-corrected chi connectivity index (χ0v) is 16.9. The molecule has 150 valence electrons. The van der Waals surface area contributed by atoms with Crippen molar-refractivity contribution >= 4 is 40.3 Å². The Hall–Kier alpha value is -3.91. The first-order valence-corrected chi connectivity index (χ1v) is 9.99. The van der Waals surface area contributed by atoms with Crippen molar-refractivity contribution in [2.75, 3.05) is 23.5 Å². The fourth-order valence-corrected chi connectivity index (χ4v) is 3.51. The Morgan fingerprint density at radius 1 is 1.07 bits per heavy atom. The zero-order valence-electron chi connectivity index (χ0n) is 16.1. The number of nitrogens with two attached hydrogens (primary N) is 1. The molecule has 2 heterocycles. The molecule has 0 radical (unpaired) electrons. The Labute approximate surface area is 177 Å². The third-order valence-electron chi connectivity index (χ3n) is 4.28. The minimum atomic E-state index is -0.157. The highest BCUT2D eigenvalue weighted by molar-refractivity contribution is 7.12. The van der Waals surface area contributed by atoms with Crippen molar-refractivity contribution in [2.24, 2.45) is 0 Å². The maximum atomic E-state index is 12.3. The van der Waals surface area contributed by atoms with Gasteiger partial charge in [0.25, 0.3) is 5.91 Å². The SMILES string of the molecule is COc1cc(NC(=O)c2cccs2)ccc1-c1ccnc(Nc2cccc(N)c2)n1. The van der Waals surface area contributed by atoms with Crippen LogP contribution in [0.2, 0.25) is 0 Å². The summed E-state index contributed by atoms with van der Waals surface area (Å²) in [6, 6.07) is 18.2. The highest BCUT2D eigenvalue weighted by atomic mass is 32.1. The molecule has 8 heteroatoms. The molecule has 0 fully saturated rings. The van der Waals surface area contributed by atoms with Gasteiger partial charge in [0.05, 0.1) is 17.7 Å². The van der Waals surface area contributed by atoms with Crippen LogP contribution in [0, 0.1) is 0 Å². The lowest BCUT2D eigenvalue weighted by molar-refractivity contribution is 0.103. The van der Waals surface area contributed by atoms with Gasteiger partial charge in [-0.15, -0.1) is 11.3 Å². The molecule has 1 amide bonds. The van der Waals surface area contributed by atoms with Crippen LogP contribution >= 0.6 is 11.3 Å². The van der Waals surface area contributed by atoms with Crippen LogP contribution < -0.4 is 21.1 Å². The maximum absolute atomic E-state index is 12.3. The molecule has 0 bridgehead atoms. The number of methoxy groups -OCH3 is 1. The second-order valence-electron chi connectivity index (χ2n) is 6.36. The highest BCUT2D eigenvalue weighted by Crippen LogP contribution is 2.32. The van der Waals surface area contributed by atoms with Gasteiger partial charge in [0, 0.05) is 34.9 Å². The molecule has 0 saturated heterocycles. The van der Waals surface area contributed by atoms with Gasteiger partial charge in [-0.25, -0.2) is 9.97 Å². The second kappa shape index (κ2) is 8.62. The lowest BCUT2D eigenvalue weighted by Gasteiger charge is -2.12. The van der Waals surface area contributed by atoms with Gasteiger partial charge in [0.1, 0.15) is 5.75 Å². The van der Waals surface area contributed by atoms with E-state index in [0.29, 0.717) is 33.6 Å². The summed E-state index contributed by atoms with van der Waals surface area (Å²) in [5.41, 5.74) is 9.38. The molecular weight excluding hydrogens is 398 g/mol. The maximum Gasteiger partial charge on any atom is 0.265 e. The smallest absolute Gasteiger partial charge is 0.265 e. The molecule has 0 saturated carbocycles. The summed E-state index contributed by atoms with van der Waals surface area (Å²) >= 11 is 1.39. The molecule has 4 rings (SSSR count). The number of rotatable bonds is 6. The van der Waals surface area contributed by atoms with Crippen LogP contribution in [0.4, 0.5) is 23.0 Å². The van der Waals surface area contributed by atoms with E-state index < -0.39 is 0 Å². The number of hydrogen-bond acceptors (Lipinski definition) is 7. The normalized spacial score (nSPS) is 10.4. The average Bonchev–Trinajstić information content (AvgIpc) is 3.29. The lowest BCUT2D eigenvalue weighted by Crippen LogP contribution is -2.10. The Morgan fingerprint density at radius 2 is 1.97 bits per heavy atom. The van der Waals surface area contributed by atoms with Crippen molar-refractivity contribution in [1.29, 1.82) is 0 Å². The predicted molar refractivity (Wildman–Crippen MR) is 120 cm³/mol. The van der Waals surface area contributed by atoms with Gasteiger partial charge >= 0.3 is 0 Å². The molecule has 7 nitrogen and oxygen atoms in total. The summed E-state index contributed by atoms with van der Waals surface area (Å²) in [4.78, 5) is 21.8. The third-order valence-corrected chi connectivity index (χ3v) is 5.15. The monoisotopic (exact) mass is 417 g/mol. The number of nitrogens with zero attached hydrogens (tertiary/aromatic N) is 2. The van der Waals surface area contributed by atoms with Gasteiger partial charge < -0.3 is 21.1 Å². The number of aromatic nitrogens is 2. The molecule has 0 aliphatic carbocycles. The van der Waals surface area contributed by atoms with Crippen LogP contribution in [0.1, 0.15) is 9.67 Å². The number of carbonyl (C=O) groups is 1. The molecule has 4 aromatic rings. The summed E-state index contributed by atoms with van der Waals surface area (Å²) in [6.07, 6.45) is 1.67. The van der Waals surface area contributed by atoms with Crippen LogP contribution in [-0.4, -0.2) is 23.0 Å². The molecule has 2 aromatic heterocycles. The lowest BCUT2D eigenvalue weighted by atomic mass is 10.1. The molecule has 4 N–H and O–H groups in total. The summed E-state index contributed by atoms with van der Waals surface area (Å²) < 4.78 is 5.54. The fourth-order valence-electron chi connectivity index (χ4n) is 2.90. The number of thiophene rings is 1. The van der Waals surface area contributed by atoms with E-state index in [9.17, 15) is 4.79 Å². The van der Waals surface area contributed by atoms with E-state index in [4.69, 9.17) is 10.5 Å². The standard InChI is InChI=1S/C22H19N5O2S/c1-29-19-13-16(25-21(28)20-6-3-11-30-20)7-8-17(19)18-9-10-24-22(27-18)26-15-5-2-4-14(23)12-15/h2-13H,23H2,1H3,(H,25,28)(H,24,26,27). The van der Waals surface area contributed by atoms with Gasteiger partial charge in [-0.05, 0) is 47.8 Å². The number of nitrogens with one attached hydrogen (secondary N) is 2. The Bertz CT molecular complexity index is 1180. The Morgan fingerprint density at radius 3 is 2.73 bits per heavy atom. The minimum absolute atomic E-state index is 0.157. The van der Waals surface area contributed by atoms with Crippen molar-refractivity contribution in [2.45, 2.75) is 0 Å². The number of anilines is 4. The van der Waals surface area contributed by atoms with E-state index in [1.54, 1.807) is 31.5 Å². The van der Waals surface area contributed by atoms with E-state index in [1.807, 2.05) is 47.8 Å². The largest absolute Gasteiger partial charge is 0.496 e. The topological polar surface area (TPSA) is 102 Å². The number of nitrogen functional groups attached to an aromatic ring is 1. The summed E-state index contributed by atoms with van der Waals surface area (Å²) in [5, 5.41) is 7.89. The van der Waals surface area contributed by atoms with Crippen molar-refractivity contribution < 1.29 is 9.53 Å².